The lowest BCUT2D eigenvalue weighted by molar-refractivity contribution is -0.116. The van der Waals surface area contributed by atoms with Crippen molar-refractivity contribution in [3.8, 4) is 11.5 Å². The van der Waals surface area contributed by atoms with E-state index >= 15 is 0 Å². The number of anilines is 2. The number of carbonyl (C=O) groups is 3. The third kappa shape index (κ3) is 13.5. The Morgan fingerprint density at radius 3 is 1.81 bits per heavy atom. The van der Waals surface area contributed by atoms with Crippen molar-refractivity contribution in [3.05, 3.63) is 76.8 Å². The van der Waals surface area contributed by atoms with Crippen LogP contribution < -0.4 is 10.6 Å². The Balaban J connectivity index is 1.35. The zero-order valence-corrected chi connectivity index (χ0v) is 33.7. The van der Waals surface area contributed by atoms with Gasteiger partial charge in [-0.05, 0) is 36.8 Å². The smallest absolute Gasteiger partial charge is 0.339 e. The second-order valence-corrected chi connectivity index (χ2v) is 15.8. The van der Waals surface area contributed by atoms with Crippen LogP contribution >= 0.6 is 11.6 Å². The van der Waals surface area contributed by atoms with Crippen molar-refractivity contribution in [3.63, 3.8) is 0 Å². The molecule has 0 heterocycles. The number of phenolic OH excluding ortho intramolecular Hbond substituents is 1. The molecule has 15 heteroatoms. The summed E-state index contributed by atoms with van der Waals surface area (Å²) >= 11 is 6.15. The first-order valence-electron chi connectivity index (χ1n) is 19.4. The summed E-state index contributed by atoms with van der Waals surface area (Å²) in [5, 5.41) is 44.1. The molecule has 0 saturated carbocycles. The number of azo groups is 1. The van der Waals surface area contributed by atoms with E-state index in [-0.39, 0.29) is 45.1 Å². The molecule has 6 N–H and O–H groups in total. The summed E-state index contributed by atoms with van der Waals surface area (Å²) in [6, 6.07) is 13.2. The first kappa shape index (κ1) is 44.7. The van der Waals surface area contributed by atoms with Crippen molar-refractivity contribution in [2.45, 2.75) is 115 Å². The summed E-state index contributed by atoms with van der Waals surface area (Å²) in [7, 11) is -4.85. The van der Waals surface area contributed by atoms with Gasteiger partial charge in [0.25, 0.3) is 16.0 Å². The molecule has 0 aromatic heterocycles. The average molecular weight is 823 g/mol. The maximum Gasteiger partial charge on any atom is 0.339 e. The minimum absolute atomic E-state index is 0.0687. The molecule has 0 fully saturated rings. The van der Waals surface area contributed by atoms with Gasteiger partial charge in [-0.1, -0.05) is 133 Å². The molecule has 13 nitrogen and oxygen atoms in total. The summed E-state index contributed by atoms with van der Waals surface area (Å²) in [4.78, 5) is 37.1. The lowest BCUT2D eigenvalue weighted by Gasteiger charge is -2.14. The fourth-order valence-electron chi connectivity index (χ4n) is 6.49. The number of hydrogen-bond acceptors (Lipinski definition) is 9. The highest BCUT2D eigenvalue weighted by Crippen LogP contribution is 2.39. The Bertz CT molecular complexity index is 2180. The highest BCUT2D eigenvalue weighted by molar-refractivity contribution is 7.86. The number of phenols is 2. The summed E-state index contributed by atoms with van der Waals surface area (Å²) in [6.07, 6.45) is 18.0. The standard InChI is InChI=1S/C42H51ClN4O9S/c1-2-3-4-5-6-7-8-9-10-11-12-13-14-15-16-21-39(49)45-34-23-22-28(24-38(34)57(54,55)56)44-41(51)32-26-35(29-19-17-18-20-30(29)40(32)50)46-47-36-25-31(42(52)53)37(48)27-33(36)43/h17-20,22-27,48,50H,2-16,21H2,1H3,(H,44,51)(H,45,49)(H,52,53)(H,54,55,56). The molecule has 0 aliphatic heterocycles. The topological polar surface area (TPSA) is 215 Å². The Labute approximate surface area is 338 Å². The van der Waals surface area contributed by atoms with E-state index < -0.39 is 49.9 Å². The van der Waals surface area contributed by atoms with Crippen molar-refractivity contribution in [1.82, 2.24) is 0 Å². The van der Waals surface area contributed by atoms with E-state index in [9.17, 15) is 42.7 Å². The predicted molar refractivity (Wildman–Crippen MR) is 222 cm³/mol. The van der Waals surface area contributed by atoms with E-state index in [2.05, 4.69) is 27.8 Å². The number of fused-ring (bicyclic) bond motifs is 1. The number of carboxylic acid groups (broad SMARTS) is 1. The first-order chi connectivity index (χ1) is 27.3. The maximum absolute atomic E-state index is 13.5. The number of nitrogens with one attached hydrogen (secondary N) is 2. The molecule has 4 aromatic rings. The van der Waals surface area contributed by atoms with Crippen LogP contribution in [0.3, 0.4) is 0 Å². The van der Waals surface area contributed by atoms with Gasteiger partial charge in [0.05, 0.1) is 22.0 Å². The normalized spacial score (nSPS) is 11.6. The van der Waals surface area contributed by atoms with Crippen molar-refractivity contribution < 1.29 is 42.7 Å². The van der Waals surface area contributed by atoms with E-state index in [1.165, 1.54) is 94.9 Å². The zero-order chi connectivity index (χ0) is 41.4. The van der Waals surface area contributed by atoms with E-state index in [1.807, 2.05) is 0 Å². The molecule has 57 heavy (non-hydrogen) atoms. The number of rotatable bonds is 23. The van der Waals surface area contributed by atoms with Crippen LogP contribution in [0.4, 0.5) is 22.7 Å². The van der Waals surface area contributed by atoms with Gasteiger partial charge in [-0.3, -0.25) is 14.1 Å². The van der Waals surface area contributed by atoms with Gasteiger partial charge in [0.1, 0.15) is 27.6 Å². The number of aromatic hydroxyl groups is 2. The van der Waals surface area contributed by atoms with Crippen LogP contribution in [0.5, 0.6) is 11.5 Å². The summed E-state index contributed by atoms with van der Waals surface area (Å²) in [5.41, 5.74) is -0.966. The van der Waals surface area contributed by atoms with Gasteiger partial charge in [0.2, 0.25) is 5.91 Å². The van der Waals surface area contributed by atoms with Crippen LogP contribution in [-0.2, 0) is 14.9 Å². The second kappa shape index (κ2) is 22.0. The van der Waals surface area contributed by atoms with Gasteiger partial charge in [-0.25, -0.2) is 4.79 Å². The molecule has 0 bridgehead atoms. The number of carboxylic acids is 1. The fourth-order valence-corrected chi connectivity index (χ4v) is 7.36. The Morgan fingerprint density at radius 1 is 0.684 bits per heavy atom. The van der Waals surface area contributed by atoms with Gasteiger partial charge in [0, 0.05) is 28.9 Å². The molecule has 2 amide bonds. The monoisotopic (exact) mass is 822 g/mol. The lowest BCUT2D eigenvalue weighted by atomic mass is 10.0. The Kier molecular flexibility index (Phi) is 17.3. The number of hydrogen-bond donors (Lipinski definition) is 6. The largest absolute Gasteiger partial charge is 0.507 e. The molecule has 4 rings (SSSR count). The van der Waals surface area contributed by atoms with Crippen LogP contribution in [-0.4, -0.2) is 46.1 Å². The van der Waals surface area contributed by atoms with Crippen LogP contribution in [0.2, 0.25) is 5.02 Å². The molecule has 0 saturated heterocycles. The molecule has 0 aliphatic carbocycles. The van der Waals surface area contributed by atoms with Crippen molar-refractivity contribution in [2.24, 2.45) is 10.2 Å². The van der Waals surface area contributed by atoms with Gasteiger partial charge in [-0.2, -0.15) is 8.42 Å². The van der Waals surface area contributed by atoms with E-state index in [0.717, 1.165) is 37.5 Å². The van der Waals surface area contributed by atoms with E-state index in [1.54, 1.807) is 18.2 Å². The fraction of sp³-hybridized carbons (Fsp3) is 0.405. The van der Waals surface area contributed by atoms with Crippen molar-refractivity contribution in [1.29, 1.82) is 0 Å². The molecule has 0 atom stereocenters. The average Bonchev–Trinajstić information content (AvgIpc) is 3.16. The molecule has 0 spiro atoms. The number of amides is 2. The van der Waals surface area contributed by atoms with Crippen LogP contribution in [0, 0.1) is 0 Å². The number of halogens is 1. The SMILES string of the molecule is CCCCCCCCCCCCCCCCCC(=O)Nc1ccc(NC(=O)c2cc(N=Nc3cc(C(=O)O)c(O)cc3Cl)c3ccccc3c2O)cc1S(=O)(=O)O. The summed E-state index contributed by atoms with van der Waals surface area (Å²) < 4.78 is 34.7. The van der Waals surface area contributed by atoms with Crippen LogP contribution in [0.1, 0.15) is 130 Å². The third-order valence-corrected chi connectivity index (χ3v) is 10.8. The van der Waals surface area contributed by atoms with Crippen LogP contribution in [0.15, 0.2) is 75.8 Å². The first-order valence-corrected chi connectivity index (χ1v) is 21.3. The molecular weight excluding hydrogens is 772 g/mol. The van der Waals surface area contributed by atoms with E-state index in [0.29, 0.717) is 11.8 Å². The molecule has 4 aromatic carbocycles. The van der Waals surface area contributed by atoms with Crippen molar-refractivity contribution in [2.75, 3.05) is 10.6 Å². The van der Waals surface area contributed by atoms with Gasteiger partial charge >= 0.3 is 5.97 Å². The minimum atomic E-state index is -4.85. The van der Waals surface area contributed by atoms with Gasteiger partial charge < -0.3 is 26.0 Å². The number of aromatic carboxylic acids is 1. The van der Waals surface area contributed by atoms with Gasteiger partial charge in [-0.15, -0.1) is 10.2 Å². The van der Waals surface area contributed by atoms with Crippen molar-refractivity contribution >= 4 is 73.0 Å². The molecule has 0 radical (unpaired) electrons. The summed E-state index contributed by atoms with van der Waals surface area (Å²) in [5.74, 6) is -3.70. The van der Waals surface area contributed by atoms with Gasteiger partial charge in [0.15, 0.2) is 0 Å². The number of carbonyl (C=O) groups excluding carboxylic acids is 2. The zero-order valence-electron chi connectivity index (χ0n) is 32.1. The van der Waals surface area contributed by atoms with E-state index in [4.69, 9.17) is 11.6 Å². The molecule has 0 unspecified atom stereocenters. The summed E-state index contributed by atoms with van der Waals surface area (Å²) in [6.45, 7) is 2.23. The number of benzene rings is 4. The minimum Gasteiger partial charge on any atom is -0.507 e. The predicted octanol–water partition coefficient (Wildman–Crippen LogP) is 11.7. The number of nitrogens with zero attached hydrogens (tertiary/aromatic N) is 2. The Morgan fingerprint density at radius 2 is 1.23 bits per heavy atom. The molecular formula is C42H51ClN4O9S. The second-order valence-electron chi connectivity index (χ2n) is 14.1. The highest BCUT2D eigenvalue weighted by Gasteiger charge is 2.22. The Hall–Kier alpha value is -5.05. The maximum atomic E-state index is 13.5. The quantitative estimate of drug-likeness (QED) is 0.0238. The molecule has 306 valence electrons. The highest BCUT2D eigenvalue weighted by atomic mass is 35.5. The lowest BCUT2D eigenvalue weighted by Crippen LogP contribution is -2.16. The number of unbranched alkanes of at least 4 members (excludes halogenated alkanes) is 14. The third-order valence-electron chi connectivity index (χ3n) is 9.60. The molecule has 0 aliphatic rings. The van der Waals surface area contributed by atoms with Crippen LogP contribution in [0.25, 0.3) is 10.8 Å².